The van der Waals surface area contributed by atoms with E-state index in [-0.39, 0.29) is 12.3 Å². The summed E-state index contributed by atoms with van der Waals surface area (Å²) in [6.45, 7) is 3.81. The van der Waals surface area contributed by atoms with Gasteiger partial charge in [-0.3, -0.25) is 4.79 Å². The van der Waals surface area contributed by atoms with E-state index in [1.807, 2.05) is 11.4 Å². The fourth-order valence-corrected chi connectivity index (χ4v) is 3.13. The van der Waals surface area contributed by atoms with Crippen LogP contribution in [0.25, 0.3) is 10.2 Å². The van der Waals surface area contributed by atoms with Gasteiger partial charge in [-0.2, -0.15) is 0 Å². The molecule has 3 rings (SSSR count). The Hall–Kier alpha value is -1.73. The zero-order chi connectivity index (χ0) is 14.1. The molecule has 0 radical (unpaired) electrons. The van der Waals surface area contributed by atoms with E-state index in [2.05, 4.69) is 26.8 Å². The normalized spacial score (nSPS) is 16.8. The topological polar surface area (TPSA) is 75.3 Å². The van der Waals surface area contributed by atoms with Crippen LogP contribution >= 0.6 is 11.3 Å². The van der Waals surface area contributed by atoms with Crippen LogP contribution in [-0.4, -0.2) is 54.0 Å². The number of rotatable bonds is 3. The number of fused-ring (bicyclic) bond motifs is 1. The first-order valence-corrected chi connectivity index (χ1v) is 7.47. The Morgan fingerprint density at radius 3 is 2.80 bits per heavy atom. The lowest BCUT2D eigenvalue weighted by molar-refractivity contribution is -0.117. The molecule has 1 aliphatic rings. The highest BCUT2D eigenvalue weighted by Gasteiger charge is 2.19. The first-order chi connectivity index (χ1) is 9.63. The number of anilines is 1. The Morgan fingerprint density at radius 2 is 2.10 bits per heavy atom. The lowest BCUT2D eigenvalue weighted by Crippen LogP contribution is -2.45. The van der Waals surface area contributed by atoms with Crippen LogP contribution in [-0.2, 0) is 11.2 Å². The van der Waals surface area contributed by atoms with Crippen molar-refractivity contribution in [3.8, 4) is 0 Å². The lowest BCUT2D eigenvalue weighted by atomic mass is 10.2. The third-order valence-electron chi connectivity index (χ3n) is 3.52. The summed E-state index contributed by atoms with van der Waals surface area (Å²) in [5, 5.41) is 2.91. The number of piperazine rings is 1. The Labute approximate surface area is 121 Å². The standard InChI is InChI=1S/C13H17N5OS/c1-17-3-5-18(6-4-17)13-15-10(8-11(14)19)9-2-7-20-12(9)16-13/h2,7H,3-6,8H2,1H3,(H2,14,19). The van der Waals surface area contributed by atoms with Crippen LogP contribution in [0.5, 0.6) is 0 Å². The molecule has 0 unspecified atom stereocenters. The number of primary amides is 1. The SMILES string of the molecule is CN1CCN(c2nc(CC(N)=O)c3ccsc3n2)CC1. The molecule has 1 amide bonds. The number of hydrogen-bond donors (Lipinski definition) is 1. The predicted octanol–water partition coefficient (Wildman–Crippen LogP) is 0.471. The van der Waals surface area contributed by atoms with E-state index in [0.717, 1.165) is 42.1 Å². The molecule has 0 atom stereocenters. The molecule has 0 spiro atoms. The van der Waals surface area contributed by atoms with Gasteiger partial charge in [0.15, 0.2) is 0 Å². The quantitative estimate of drug-likeness (QED) is 0.890. The molecule has 106 valence electrons. The van der Waals surface area contributed by atoms with Gasteiger partial charge in [-0.05, 0) is 18.5 Å². The number of carbonyl (C=O) groups excluding carboxylic acids is 1. The molecule has 2 aromatic rings. The van der Waals surface area contributed by atoms with E-state index >= 15 is 0 Å². The van der Waals surface area contributed by atoms with Gasteiger partial charge in [-0.25, -0.2) is 9.97 Å². The minimum Gasteiger partial charge on any atom is -0.369 e. The number of amides is 1. The summed E-state index contributed by atoms with van der Waals surface area (Å²) >= 11 is 1.57. The molecule has 7 heteroatoms. The predicted molar refractivity (Wildman–Crippen MR) is 80.0 cm³/mol. The molecule has 0 bridgehead atoms. The first kappa shape index (κ1) is 13.3. The lowest BCUT2D eigenvalue weighted by Gasteiger charge is -2.32. The van der Waals surface area contributed by atoms with Gasteiger partial charge in [-0.1, -0.05) is 0 Å². The molecule has 1 saturated heterocycles. The largest absolute Gasteiger partial charge is 0.369 e. The van der Waals surface area contributed by atoms with E-state index in [9.17, 15) is 4.79 Å². The highest BCUT2D eigenvalue weighted by Crippen LogP contribution is 2.25. The van der Waals surface area contributed by atoms with Gasteiger partial charge < -0.3 is 15.5 Å². The molecule has 0 aromatic carbocycles. The van der Waals surface area contributed by atoms with E-state index in [1.165, 1.54) is 0 Å². The molecule has 2 aromatic heterocycles. The summed E-state index contributed by atoms with van der Waals surface area (Å²) in [5.74, 6) is 0.352. The molecule has 6 nitrogen and oxygen atoms in total. The van der Waals surface area contributed by atoms with Crippen LogP contribution in [0, 0.1) is 0 Å². The Bertz CT molecular complexity index is 633. The maximum Gasteiger partial charge on any atom is 0.227 e. The molecule has 0 aliphatic carbocycles. The van der Waals surface area contributed by atoms with Crippen molar-refractivity contribution in [3.63, 3.8) is 0 Å². The number of hydrogen-bond acceptors (Lipinski definition) is 6. The van der Waals surface area contributed by atoms with Gasteiger partial charge in [0, 0.05) is 31.6 Å². The number of nitrogens with two attached hydrogens (primary N) is 1. The summed E-state index contributed by atoms with van der Waals surface area (Å²) in [6, 6.07) is 1.95. The van der Waals surface area contributed by atoms with Gasteiger partial charge in [0.1, 0.15) is 4.83 Å². The fraction of sp³-hybridized carbons (Fsp3) is 0.462. The van der Waals surface area contributed by atoms with Gasteiger partial charge in [-0.15, -0.1) is 11.3 Å². The maximum atomic E-state index is 11.2. The fourth-order valence-electron chi connectivity index (χ4n) is 2.35. The molecule has 1 aliphatic heterocycles. The second-order valence-corrected chi connectivity index (χ2v) is 5.94. The van der Waals surface area contributed by atoms with Crippen LogP contribution < -0.4 is 10.6 Å². The number of carbonyl (C=O) groups is 1. The Morgan fingerprint density at radius 1 is 1.35 bits per heavy atom. The highest BCUT2D eigenvalue weighted by molar-refractivity contribution is 7.16. The number of nitrogens with zero attached hydrogens (tertiary/aromatic N) is 4. The Kier molecular flexibility index (Phi) is 3.54. The molecule has 1 fully saturated rings. The van der Waals surface area contributed by atoms with E-state index in [4.69, 9.17) is 5.73 Å². The monoisotopic (exact) mass is 291 g/mol. The molecule has 0 saturated carbocycles. The van der Waals surface area contributed by atoms with Crippen molar-refractivity contribution in [2.45, 2.75) is 6.42 Å². The first-order valence-electron chi connectivity index (χ1n) is 6.59. The zero-order valence-electron chi connectivity index (χ0n) is 11.4. The van der Waals surface area contributed by atoms with Crippen molar-refractivity contribution in [3.05, 3.63) is 17.1 Å². The molecular weight excluding hydrogens is 274 g/mol. The van der Waals surface area contributed by atoms with Gasteiger partial charge in [0.05, 0.1) is 12.1 Å². The second kappa shape index (κ2) is 5.34. The van der Waals surface area contributed by atoms with E-state index in [0.29, 0.717) is 5.95 Å². The van der Waals surface area contributed by atoms with Gasteiger partial charge in [0.2, 0.25) is 11.9 Å². The van der Waals surface area contributed by atoms with Crippen LogP contribution in [0.15, 0.2) is 11.4 Å². The van der Waals surface area contributed by atoms with Gasteiger partial charge in [0.25, 0.3) is 0 Å². The van der Waals surface area contributed by atoms with Crippen molar-refractivity contribution in [2.24, 2.45) is 5.73 Å². The minimum absolute atomic E-state index is 0.163. The van der Waals surface area contributed by atoms with Crippen LogP contribution in [0.4, 0.5) is 5.95 Å². The van der Waals surface area contributed by atoms with Crippen molar-refractivity contribution in [1.29, 1.82) is 0 Å². The van der Waals surface area contributed by atoms with Crippen molar-refractivity contribution in [1.82, 2.24) is 14.9 Å². The minimum atomic E-state index is -0.361. The van der Waals surface area contributed by atoms with Crippen molar-refractivity contribution in [2.75, 3.05) is 38.1 Å². The summed E-state index contributed by atoms with van der Waals surface area (Å²) < 4.78 is 0. The zero-order valence-corrected chi connectivity index (χ0v) is 12.2. The second-order valence-electron chi connectivity index (χ2n) is 5.04. The average molecular weight is 291 g/mol. The summed E-state index contributed by atoms with van der Waals surface area (Å²) in [6.07, 6.45) is 0.163. The number of thiophene rings is 1. The third kappa shape index (κ3) is 2.59. The van der Waals surface area contributed by atoms with Crippen LogP contribution in [0.3, 0.4) is 0 Å². The average Bonchev–Trinajstić information content (AvgIpc) is 2.87. The molecule has 20 heavy (non-hydrogen) atoms. The Balaban J connectivity index is 1.96. The van der Waals surface area contributed by atoms with Gasteiger partial charge >= 0.3 is 0 Å². The van der Waals surface area contributed by atoms with E-state index in [1.54, 1.807) is 11.3 Å². The van der Waals surface area contributed by atoms with E-state index < -0.39 is 0 Å². The highest BCUT2D eigenvalue weighted by atomic mass is 32.1. The molecular formula is C13H17N5OS. The number of likely N-dealkylation sites (N-methyl/N-ethyl adjacent to an activating group) is 1. The summed E-state index contributed by atoms with van der Waals surface area (Å²) in [4.78, 5) is 25.8. The molecule has 2 N–H and O–H groups in total. The summed E-state index contributed by atoms with van der Waals surface area (Å²) in [7, 11) is 2.11. The number of aromatic nitrogens is 2. The van der Waals surface area contributed by atoms with Crippen LogP contribution in [0.2, 0.25) is 0 Å². The third-order valence-corrected chi connectivity index (χ3v) is 4.33. The summed E-state index contributed by atoms with van der Waals surface area (Å²) in [5.41, 5.74) is 6.05. The maximum absolute atomic E-state index is 11.2. The smallest absolute Gasteiger partial charge is 0.227 e. The van der Waals surface area contributed by atoms with Crippen molar-refractivity contribution < 1.29 is 4.79 Å². The van der Waals surface area contributed by atoms with Crippen LogP contribution in [0.1, 0.15) is 5.69 Å². The van der Waals surface area contributed by atoms with Crippen molar-refractivity contribution >= 4 is 33.4 Å². The molecule has 3 heterocycles.